The Morgan fingerprint density at radius 3 is 2.61 bits per heavy atom. The Morgan fingerprint density at radius 2 is 2.09 bits per heavy atom. The van der Waals surface area contributed by atoms with E-state index in [9.17, 15) is 9.59 Å². The summed E-state index contributed by atoms with van der Waals surface area (Å²) < 4.78 is 1.60. The molecule has 1 N–H and O–H groups in total. The molecule has 7 nitrogen and oxygen atoms in total. The molecule has 0 saturated carbocycles. The molecular formula is C16H20N4O3. The Hall–Kier alpha value is -2.70. The number of rotatable bonds is 6. The van der Waals surface area contributed by atoms with E-state index in [0.29, 0.717) is 12.1 Å². The molecule has 1 aromatic carbocycles. The number of carboxylic acids is 1. The van der Waals surface area contributed by atoms with Crippen molar-refractivity contribution in [2.24, 2.45) is 5.92 Å². The molecule has 0 atom stereocenters. The van der Waals surface area contributed by atoms with Crippen molar-refractivity contribution in [1.29, 1.82) is 0 Å². The van der Waals surface area contributed by atoms with Crippen molar-refractivity contribution in [3.05, 3.63) is 42.0 Å². The molecule has 0 bridgehead atoms. The SMILES string of the molecule is Cc1cc(-n2cncn2)ccc1C(=O)N(CC(=O)O)CC(C)C. The van der Waals surface area contributed by atoms with Crippen molar-refractivity contribution in [3.63, 3.8) is 0 Å². The van der Waals surface area contributed by atoms with E-state index in [1.807, 2.05) is 26.8 Å². The fourth-order valence-corrected chi connectivity index (χ4v) is 2.37. The number of carboxylic acid groups (broad SMARTS) is 1. The summed E-state index contributed by atoms with van der Waals surface area (Å²) in [5.41, 5.74) is 2.06. The van der Waals surface area contributed by atoms with E-state index in [1.54, 1.807) is 23.1 Å². The van der Waals surface area contributed by atoms with Gasteiger partial charge in [-0.2, -0.15) is 5.10 Å². The fourth-order valence-electron chi connectivity index (χ4n) is 2.37. The van der Waals surface area contributed by atoms with Gasteiger partial charge < -0.3 is 10.0 Å². The van der Waals surface area contributed by atoms with Gasteiger partial charge in [0.15, 0.2) is 0 Å². The maximum Gasteiger partial charge on any atom is 0.323 e. The molecule has 0 aliphatic heterocycles. The van der Waals surface area contributed by atoms with Crippen LogP contribution in [0.4, 0.5) is 0 Å². The molecular weight excluding hydrogens is 296 g/mol. The standard InChI is InChI=1S/C16H20N4O3/c1-11(2)7-19(8-15(21)22)16(23)14-5-4-13(6-12(14)3)20-10-17-9-18-20/h4-6,9-11H,7-8H2,1-3H3,(H,21,22). The van der Waals surface area contributed by atoms with Crippen LogP contribution in [0.2, 0.25) is 0 Å². The molecule has 1 amide bonds. The zero-order valence-electron chi connectivity index (χ0n) is 13.4. The van der Waals surface area contributed by atoms with Crippen LogP contribution in [-0.4, -0.2) is 49.7 Å². The minimum Gasteiger partial charge on any atom is -0.480 e. The van der Waals surface area contributed by atoms with E-state index in [2.05, 4.69) is 10.1 Å². The monoisotopic (exact) mass is 316 g/mol. The van der Waals surface area contributed by atoms with Crippen LogP contribution in [0, 0.1) is 12.8 Å². The van der Waals surface area contributed by atoms with Crippen LogP contribution in [0.25, 0.3) is 5.69 Å². The zero-order chi connectivity index (χ0) is 17.0. The smallest absolute Gasteiger partial charge is 0.323 e. The molecule has 0 spiro atoms. The van der Waals surface area contributed by atoms with Gasteiger partial charge in [-0.25, -0.2) is 9.67 Å². The number of benzene rings is 1. The molecule has 1 heterocycles. The first kappa shape index (κ1) is 16.7. The molecule has 122 valence electrons. The van der Waals surface area contributed by atoms with Crippen LogP contribution in [0.15, 0.2) is 30.9 Å². The third-order valence-electron chi connectivity index (χ3n) is 3.32. The van der Waals surface area contributed by atoms with Gasteiger partial charge in [-0.05, 0) is 36.6 Å². The van der Waals surface area contributed by atoms with Crippen LogP contribution in [0.3, 0.4) is 0 Å². The Morgan fingerprint density at radius 1 is 1.35 bits per heavy atom. The van der Waals surface area contributed by atoms with Gasteiger partial charge in [0.1, 0.15) is 19.2 Å². The third-order valence-corrected chi connectivity index (χ3v) is 3.32. The molecule has 23 heavy (non-hydrogen) atoms. The molecule has 7 heteroatoms. The summed E-state index contributed by atoms with van der Waals surface area (Å²) in [6, 6.07) is 5.29. The number of aromatic nitrogens is 3. The Labute approximate surface area is 134 Å². The van der Waals surface area contributed by atoms with Crippen molar-refractivity contribution in [1.82, 2.24) is 19.7 Å². The van der Waals surface area contributed by atoms with E-state index in [4.69, 9.17) is 5.11 Å². The van der Waals surface area contributed by atoms with Gasteiger partial charge in [-0.1, -0.05) is 13.8 Å². The minimum absolute atomic E-state index is 0.188. The van der Waals surface area contributed by atoms with Crippen molar-refractivity contribution in [3.8, 4) is 5.69 Å². The van der Waals surface area contributed by atoms with E-state index in [-0.39, 0.29) is 18.4 Å². The highest BCUT2D eigenvalue weighted by atomic mass is 16.4. The van der Waals surface area contributed by atoms with Gasteiger partial charge >= 0.3 is 5.97 Å². The number of amides is 1. The van der Waals surface area contributed by atoms with E-state index in [0.717, 1.165) is 11.3 Å². The van der Waals surface area contributed by atoms with Crippen molar-refractivity contribution < 1.29 is 14.7 Å². The van der Waals surface area contributed by atoms with Crippen molar-refractivity contribution in [2.45, 2.75) is 20.8 Å². The summed E-state index contributed by atoms with van der Waals surface area (Å²) in [6.45, 7) is 5.81. The molecule has 2 aromatic rings. The van der Waals surface area contributed by atoms with Crippen LogP contribution in [0.1, 0.15) is 29.8 Å². The minimum atomic E-state index is -1.02. The predicted octanol–water partition coefficient (Wildman–Crippen LogP) is 1.76. The number of hydrogen-bond donors (Lipinski definition) is 1. The highest BCUT2D eigenvalue weighted by Crippen LogP contribution is 2.16. The number of aryl methyl sites for hydroxylation is 1. The lowest BCUT2D eigenvalue weighted by Gasteiger charge is -2.23. The first-order valence-corrected chi connectivity index (χ1v) is 7.35. The van der Waals surface area contributed by atoms with E-state index >= 15 is 0 Å². The van der Waals surface area contributed by atoms with Crippen LogP contribution in [0.5, 0.6) is 0 Å². The van der Waals surface area contributed by atoms with Crippen molar-refractivity contribution >= 4 is 11.9 Å². The number of aliphatic carboxylic acids is 1. The summed E-state index contributed by atoms with van der Waals surface area (Å²) in [5, 5.41) is 13.1. The van der Waals surface area contributed by atoms with Gasteiger partial charge in [-0.3, -0.25) is 9.59 Å². The molecule has 0 aliphatic rings. The quantitative estimate of drug-likeness (QED) is 0.877. The number of carbonyl (C=O) groups excluding carboxylic acids is 1. The summed E-state index contributed by atoms with van der Waals surface area (Å²) >= 11 is 0. The number of nitrogens with zero attached hydrogens (tertiary/aromatic N) is 4. The molecule has 1 aromatic heterocycles. The Kier molecular flexibility index (Phi) is 5.10. The second-order valence-electron chi connectivity index (χ2n) is 5.81. The lowest BCUT2D eigenvalue weighted by atomic mass is 10.1. The van der Waals surface area contributed by atoms with Crippen LogP contribution in [-0.2, 0) is 4.79 Å². The molecule has 0 saturated heterocycles. The zero-order valence-corrected chi connectivity index (χ0v) is 13.4. The van der Waals surface area contributed by atoms with E-state index in [1.165, 1.54) is 11.2 Å². The van der Waals surface area contributed by atoms with Gasteiger partial charge in [0.2, 0.25) is 0 Å². The molecule has 0 unspecified atom stereocenters. The van der Waals surface area contributed by atoms with Gasteiger partial charge in [0.05, 0.1) is 5.69 Å². The lowest BCUT2D eigenvalue weighted by molar-refractivity contribution is -0.137. The predicted molar refractivity (Wildman–Crippen MR) is 84.5 cm³/mol. The van der Waals surface area contributed by atoms with Crippen LogP contribution < -0.4 is 0 Å². The summed E-state index contributed by atoms with van der Waals surface area (Å²) in [4.78, 5) is 28.9. The average molecular weight is 316 g/mol. The van der Waals surface area contributed by atoms with Gasteiger partial charge in [0.25, 0.3) is 5.91 Å². The number of hydrogen-bond acceptors (Lipinski definition) is 4. The van der Waals surface area contributed by atoms with E-state index < -0.39 is 5.97 Å². The molecule has 2 rings (SSSR count). The molecule has 0 aliphatic carbocycles. The first-order chi connectivity index (χ1) is 10.9. The number of carbonyl (C=O) groups is 2. The fraction of sp³-hybridized carbons (Fsp3) is 0.375. The highest BCUT2D eigenvalue weighted by Gasteiger charge is 2.21. The largest absolute Gasteiger partial charge is 0.480 e. The third kappa shape index (κ3) is 4.15. The maximum absolute atomic E-state index is 12.7. The highest BCUT2D eigenvalue weighted by molar-refractivity contribution is 5.97. The van der Waals surface area contributed by atoms with Gasteiger partial charge in [-0.15, -0.1) is 0 Å². The molecule has 0 fully saturated rings. The van der Waals surface area contributed by atoms with Gasteiger partial charge in [0, 0.05) is 12.1 Å². The normalized spacial score (nSPS) is 10.8. The summed E-state index contributed by atoms with van der Waals surface area (Å²) in [6.07, 6.45) is 3.01. The Balaban J connectivity index is 2.28. The lowest BCUT2D eigenvalue weighted by Crippen LogP contribution is -2.38. The van der Waals surface area contributed by atoms with Crippen LogP contribution >= 0.6 is 0 Å². The van der Waals surface area contributed by atoms with Crippen molar-refractivity contribution in [2.75, 3.05) is 13.1 Å². The second kappa shape index (κ2) is 7.04. The topological polar surface area (TPSA) is 88.3 Å². The first-order valence-electron chi connectivity index (χ1n) is 7.35. The summed E-state index contributed by atoms with van der Waals surface area (Å²) in [7, 11) is 0. The second-order valence-corrected chi connectivity index (χ2v) is 5.81. The summed E-state index contributed by atoms with van der Waals surface area (Å²) in [5.74, 6) is -1.10. The maximum atomic E-state index is 12.7. The molecule has 0 radical (unpaired) electrons. The average Bonchev–Trinajstić information content (AvgIpc) is 2.99. The Bertz CT molecular complexity index is 695.